The van der Waals surface area contributed by atoms with Crippen molar-refractivity contribution in [2.45, 2.75) is 50.6 Å². The van der Waals surface area contributed by atoms with Gasteiger partial charge in [0.2, 0.25) is 0 Å². The van der Waals surface area contributed by atoms with Crippen molar-refractivity contribution in [1.29, 1.82) is 0 Å². The van der Waals surface area contributed by atoms with Crippen molar-refractivity contribution in [2.75, 3.05) is 13.6 Å². The lowest BCUT2D eigenvalue weighted by atomic mass is 10.1. The molecule has 3 N–H and O–H groups in total. The summed E-state index contributed by atoms with van der Waals surface area (Å²) < 4.78 is 6.22. The van der Waals surface area contributed by atoms with Crippen LogP contribution in [0.1, 0.15) is 49.3 Å². The quantitative estimate of drug-likeness (QED) is 0.306. The molecule has 3 heterocycles. The van der Waals surface area contributed by atoms with Gasteiger partial charge in [0.25, 0.3) is 11.8 Å². The van der Waals surface area contributed by atoms with E-state index in [4.69, 9.17) is 16.3 Å². The number of rotatable bonds is 7. The maximum Gasteiger partial charge on any atom is 0.280 e. The van der Waals surface area contributed by atoms with Crippen molar-refractivity contribution in [2.24, 2.45) is 0 Å². The Hall–Kier alpha value is -3.24. The van der Waals surface area contributed by atoms with Crippen LogP contribution < -0.4 is 10.6 Å². The van der Waals surface area contributed by atoms with Crippen LogP contribution in [0.25, 0.3) is 10.9 Å². The van der Waals surface area contributed by atoms with Gasteiger partial charge >= 0.3 is 0 Å². The summed E-state index contributed by atoms with van der Waals surface area (Å²) in [7, 11) is 2.07. The van der Waals surface area contributed by atoms with Crippen LogP contribution in [0, 0.1) is 0 Å². The minimum atomic E-state index is -0.294. The molecule has 4 aromatic rings. The molecule has 2 aliphatic rings. The maximum atomic E-state index is 13.3. The van der Waals surface area contributed by atoms with Crippen molar-refractivity contribution in [1.82, 2.24) is 25.5 Å². The van der Waals surface area contributed by atoms with E-state index in [9.17, 15) is 9.59 Å². The number of halogens is 1. The fourth-order valence-corrected chi connectivity index (χ4v) is 6.63. The predicted molar refractivity (Wildman–Crippen MR) is 152 cm³/mol. The summed E-state index contributed by atoms with van der Waals surface area (Å²) in [6, 6.07) is 16.7. The molecule has 2 amide bonds. The molecular formula is C29H30ClN5O3S. The van der Waals surface area contributed by atoms with Gasteiger partial charge in [-0.3, -0.25) is 9.59 Å². The minimum Gasteiger partial charge on any atom is -0.373 e. The average Bonchev–Trinajstić information content (AvgIpc) is 3.64. The predicted octanol–water partition coefficient (Wildman–Crippen LogP) is 4.54. The number of aromatic nitrogens is 2. The average molecular weight is 564 g/mol. The largest absolute Gasteiger partial charge is 0.373 e. The highest BCUT2D eigenvalue weighted by Gasteiger charge is 2.38. The smallest absolute Gasteiger partial charge is 0.280 e. The van der Waals surface area contributed by atoms with Gasteiger partial charge in [0.05, 0.1) is 30.5 Å². The summed E-state index contributed by atoms with van der Waals surface area (Å²) in [6.45, 7) is 2.23. The number of hydrogen-bond donors (Lipinski definition) is 3. The first-order valence-electron chi connectivity index (χ1n) is 13.1. The Morgan fingerprint density at radius 3 is 2.67 bits per heavy atom. The number of aromatic amines is 1. The molecule has 8 nitrogen and oxygen atoms in total. The minimum absolute atomic E-state index is 0.111. The van der Waals surface area contributed by atoms with E-state index in [2.05, 4.69) is 32.5 Å². The van der Waals surface area contributed by atoms with Crippen molar-refractivity contribution < 1.29 is 14.3 Å². The molecule has 0 spiro atoms. The summed E-state index contributed by atoms with van der Waals surface area (Å²) in [6.07, 6.45) is 1.93. The van der Waals surface area contributed by atoms with Gasteiger partial charge in [-0.2, -0.15) is 0 Å². The monoisotopic (exact) mass is 563 g/mol. The van der Waals surface area contributed by atoms with Crippen LogP contribution in [0.5, 0.6) is 0 Å². The first kappa shape index (κ1) is 26.0. The van der Waals surface area contributed by atoms with Crippen molar-refractivity contribution in [3.8, 4) is 0 Å². The molecule has 0 bridgehead atoms. The molecule has 2 aromatic heterocycles. The Balaban J connectivity index is 1.17. The van der Waals surface area contributed by atoms with Crippen LogP contribution in [-0.4, -0.2) is 58.5 Å². The van der Waals surface area contributed by atoms with Crippen LogP contribution in [-0.2, 0) is 24.3 Å². The highest BCUT2D eigenvalue weighted by atomic mass is 35.5. The highest BCUT2D eigenvalue weighted by Crippen LogP contribution is 2.28. The Morgan fingerprint density at radius 1 is 1.10 bits per heavy atom. The first-order chi connectivity index (χ1) is 18.9. The van der Waals surface area contributed by atoms with Crippen LogP contribution in [0.2, 0.25) is 5.02 Å². The van der Waals surface area contributed by atoms with E-state index in [1.54, 1.807) is 12.1 Å². The zero-order chi connectivity index (χ0) is 26.9. The van der Waals surface area contributed by atoms with E-state index in [-0.39, 0.29) is 30.0 Å². The number of hydrogen-bond acceptors (Lipinski definition) is 6. The van der Waals surface area contributed by atoms with E-state index in [1.165, 1.54) is 11.3 Å². The van der Waals surface area contributed by atoms with Crippen LogP contribution in [0.3, 0.4) is 0 Å². The third-order valence-corrected chi connectivity index (χ3v) is 8.74. The number of fused-ring (bicyclic) bond motifs is 2. The number of thiazole rings is 1. The summed E-state index contributed by atoms with van der Waals surface area (Å²) in [4.78, 5) is 37.7. The molecule has 39 heavy (non-hydrogen) atoms. The summed E-state index contributed by atoms with van der Waals surface area (Å²) in [5, 5.41) is 8.25. The van der Waals surface area contributed by atoms with Gasteiger partial charge in [0.15, 0.2) is 5.01 Å². The van der Waals surface area contributed by atoms with Crippen LogP contribution in [0.4, 0.5) is 0 Å². The zero-order valence-corrected chi connectivity index (χ0v) is 23.1. The SMILES string of the molecule is CN1CCc2nc(C(=O)NC3CC(OCc4ccccc4)CC3NC(=O)c3cc4cc(Cl)ccc4[nH]3)sc2C1. The topological polar surface area (TPSA) is 99.3 Å². The molecule has 2 aromatic carbocycles. The van der Waals surface area contributed by atoms with Crippen LogP contribution >= 0.6 is 22.9 Å². The van der Waals surface area contributed by atoms with Gasteiger partial charge in [-0.25, -0.2) is 4.98 Å². The van der Waals surface area contributed by atoms with Crippen molar-refractivity contribution in [3.63, 3.8) is 0 Å². The lowest BCUT2D eigenvalue weighted by Crippen LogP contribution is -2.48. The third kappa shape index (κ3) is 5.86. The number of nitrogens with zero attached hydrogens (tertiary/aromatic N) is 2. The molecule has 1 saturated carbocycles. The first-order valence-corrected chi connectivity index (χ1v) is 14.3. The van der Waals surface area contributed by atoms with E-state index in [1.807, 2.05) is 42.5 Å². The summed E-state index contributed by atoms with van der Waals surface area (Å²) >= 11 is 7.57. The van der Waals surface area contributed by atoms with Gasteiger partial charge in [-0.05, 0) is 49.7 Å². The number of H-pyrrole nitrogens is 1. The molecule has 202 valence electrons. The number of ether oxygens (including phenoxy) is 1. The van der Waals surface area contributed by atoms with Crippen molar-refractivity contribution in [3.05, 3.63) is 86.5 Å². The summed E-state index contributed by atoms with van der Waals surface area (Å²) in [5.74, 6) is -0.437. The van der Waals surface area contributed by atoms with Gasteiger partial charge in [0, 0.05) is 40.3 Å². The fraction of sp³-hybridized carbons (Fsp3) is 0.345. The van der Waals surface area contributed by atoms with Gasteiger partial charge in [-0.1, -0.05) is 41.9 Å². The fourth-order valence-electron chi connectivity index (χ4n) is 5.36. The van der Waals surface area contributed by atoms with E-state index < -0.39 is 0 Å². The highest BCUT2D eigenvalue weighted by molar-refractivity contribution is 7.13. The standard InChI is InChI=1S/C29H30ClN5O3S/c1-35-10-9-22-26(15-35)39-29(34-22)28(37)33-24-14-20(38-16-17-5-3-2-4-6-17)13-23(24)32-27(36)25-12-18-11-19(30)7-8-21(18)31-25/h2-8,11-12,20,23-24,31H,9-10,13-16H2,1H3,(H,32,36)(H,33,37). The molecule has 1 aliphatic carbocycles. The number of carbonyl (C=O) groups excluding carboxylic acids is 2. The molecule has 10 heteroatoms. The number of amides is 2. The molecule has 0 saturated heterocycles. The number of benzene rings is 2. The Morgan fingerprint density at radius 2 is 1.87 bits per heavy atom. The second kappa shape index (κ2) is 11.1. The van der Waals surface area contributed by atoms with E-state index >= 15 is 0 Å². The number of carbonyl (C=O) groups is 2. The number of nitrogens with one attached hydrogen (secondary N) is 3. The molecule has 6 rings (SSSR count). The van der Waals surface area contributed by atoms with Gasteiger partial charge in [-0.15, -0.1) is 11.3 Å². The normalized spacial score (nSPS) is 21.1. The van der Waals surface area contributed by atoms with Crippen LogP contribution in [0.15, 0.2) is 54.6 Å². The zero-order valence-electron chi connectivity index (χ0n) is 21.6. The summed E-state index contributed by atoms with van der Waals surface area (Å²) in [5.41, 5.74) is 3.38. The van der Waals surface area contributed by atoms with Gasteiger partial charge < -0.3 is 25.3 Å². The molecule has 0 radical (unpaired) electrons. The lowest BCUT2D eigenvalue weighted by molar-refractivity contribution is 0.0428. The third-order valence-electron chi connectivity index (χ3n) is 7.42. The van der Waals surface area contributed by atoms with E-state index in [0.29, 0.717) is 35.2 Å². The van der Waals surface area contributed by atoms with E-state index in [0.717, 1.165) is 46.5 Å². The van der Waals surface area contributed by atoms with Gasteiger partial charge in [0.1, 0.15) is 5.69 Å². The second-order valence-corrected chi connectivity index (χ2v) is 11.9. The molecule has 1 fully saturated rings. The Kier molecular flexibility index (Phi) is 7.40. The molecule has 1 aliphatic heterocycles. The molecule has 3 atom stereocenters. The maximum absolute atomic E-state index is 13.3. The second-order valence-electron chi connectivity index (χ2n) is 10.3. The lowest BCUT2D eigenvalue weighted by Gasteiger charge is -2.21. The molecular weight excluding hydrogens is 534 g/mol. The Labute approximate surface area is 235 Å². The number of likely N-dealkylation sites (N-methyl/N-ethyl adjacent to an activating group) is 1. The van der Waals surface area contributed by atoms with Crippen molar-refractivity contribution >= 4 is 45.7 Å². The Bertz CT molecular complexity index is 1500. The molecule has 3 unspecified atom stereocenters.